The SMILES string of the molecule is O=C(Cn1c(=O)n(Cc2ccc3c(c2)OCO3)c(=O)c2ccccc21)Nc1ccc(F)cc1. The van der Waals surface area contributed by atoms with Crippen molar-refractivity contribution in [1.82, 2.24) is 9.13 Å². The number of fused-ring (bicyclic) bond motifs is 2. The predicted molar refractivity (Wildman–Crippen MR) is 119 cm³/mol. The van der Waals surface area contributed by atoms with Crippen molar-refractivity contribution in [3.8, 4) is 11.5 Å². The normalized spacial score (nSPS) is 12.2. The summed E-state index contributed by atoms with van der Waals surface area (Å²) in [6.45, 7) is -0.207. The molecule has 9 heteroatoms. The van der Waals surface area contributed by atoms with Gasteiger partial charge in [0.25, 0.3) is 5.56 Å². The number of rotatable bonds is 5. The number of hydrogen-bond donors (Lipinski definition) is 1. The quantitative estimate of drug-likeness (QED) is 0.508. The summed E-state index contributed by atoms with van der Waals surface area (Å²) < 4.78 is 26.2. The Bertz CT molecular complexity index is 1490. The second kappa shape index (κ2) is 8.27. The van der Waals surface area contributed by atoms with Crippen molar-refractivity contribution >= 4 is 22.5 Å². The van der Waals surface area contributed by atoms with Gasteiger partial charge in [0.2, 0.25) is 12.7 Å². The van der Waals surface area contributed by atoms with E-state index in [1.165, 1.54) is 28.8 Å². The van der Waals surface area contributed by atoms with Crippen LogP contribution in [0, 0.1) is 5.82 Å². The smallest absolute Gasteiger partial charge is 0.332 e. The first kappa shape index (κ1) is 20.5. The van der Waals surface area contributed by atoms with Crippen LogP contribution in [0.15, 0.2) is 76.3 Å². The fraction of sp³-hybridized carbons (Fsp3) is 0.125. The topological polar surface area (TPSA) is 91.6 Å². The second-order valence-corrected chi connectivity index (χ2v) is 7.52. The Labute approximate surface area is 186 Å². The van der Waals surface area contributed by atoms with Crippen molar-refractivity contribution in [1.29, 1.82) is 0 Å². The van der Waals surface area contributed by atoms with Crippen LogP contribution in [0.3, 0.4) is 0 Å². The summed E-state index contributed by atoms with van der Waals surface area (Å²) in [4.78, 5) is 39.1. The summed E-state index contributed by atoms with van der Waals surface area (Å²) in [6, 6.07) is 17.1. The third-order valence-electron chi connectivity index (χ3n) is 5.34. The first-order chi connectivity index (χ1) is 16.0. The highest BCUT2D eigenvalue weighted by Gasteiger charge is 2.18. The van der Waals surface area contributed by atoms with E-state index in [0.29, 0.717) is 33.7 Å². The van der Waals surface area contributed by atoms with E-state index in [2.05, 4.69) is 5.32 Å². The number of carbonyl (C=O) groups is 1. The van der Waals surface area contributed by atoms with Crippen LogP contribution >= 0.6 is 0 Å². The van der Waals surface area contributed by atoms with Crippen LogP contribution in [0.25, 0.3) is 10.9 Å². The lowest BCUT2D eigenvalue weighted by molar-refractivity contribution is -0.116. The average Bonchev–Trinajstić information content (AvgIpc) is 3.29. The lowest BCUT2D eigenvalue weighted by atomic mass is 10.2. The van der Waals surface area contributed by atoms with E-state index < -0.39 is 23.0 Å². The van der Waals surface area contributed by atoms with Crippen molar-refractivity contribution in [2.45, 2.75) is 13.1 Å². The summed E-state index contributed by atoms with van der Waals surface area (Å²) in [7, 11) is 0. The number of anilines is 1. The molecule has 0 saturated heterocycles. The molecule has 3 aromatic carbocycles. The summed E-state index contributed by atoms with van der Waals surface area (Å²) >= 11 is 0. The van der Waals surface area contributed by atoms with E-state index in [9.17, 15) is 18.8 Å². The predicted octanol–water partition coefficient (Wildman–Crippen LogP) is 2.72. The van der Waals surface area contributed by atoms with Crippen molar-refractivity contribution in [2.24, 2.45) is 0 Å². The van der Waals surface area contributed by atoms with Crippen molar-refractivity contribution in [3.05, 3.63) is 98.9 Å². The molecule has 0 saturated carbocycles. The molecule has 1 N–H and O–H groups in total. The Balaban J connectivity index is 1.52. The summed E-state index contributed by atoms with van der Waals surface area (Å²) in [5, 5.41) is 2.95. The molecule has 0 fully saturated rings. The number of halogens is 1. The van der Waals surface area contributed by atoms with Crippen LogP contribution in [0.5, 0.6) is 11.5 Å². The van der Waals surface area contributed by atoms with Gasteiger partial charge < -0.3 is 14.8 Å². The Morgan fingerprint density at radius 2 is 1.70 bits per heavy atom. The zero-order valence-corrected chi connectivity index (χ0v) is 17.3. The summed E-state index contributed by atoms with van der Waals surface area (Å²) in [5.41, 5.74) is 0.348. The standard InChI is InChI=1S/C24H18FN3O5/c25-16-6-8-17(9-7-16)26-22(29)13-27-19-4-2-1-3-18(19)23(30)28(24(27)31)12-15-5-10-20-21(11-15)33-14-32-20/h1-11H,12-14H2,(H,26,29). The van der Waals surface area contributed by atoms with Crippen molar-refractivity contribution in [2.75, 3.05) is 12.1 Å². The van der Waals surface area contributed by atoms with Gasteiger partial charge in [-0.05, 0) is 54.1 Å². The van der Waals surface area contributed by atoms with Gasteiger partial charge in [-0.1, -0.05) is 18.2 Å². The Hall–Kier alpha value is -4.40. The molecule has 1 aliphatic heterocycles. The van der Waals surface area contributed by atoms with E-state index in [4.69, 9.17) is 9.47 Å². The molecular formula is C24H18FN3O5. The molecule has 0 unspecified atom stereocenters. The number of nitrogens with zero attached hydrogens (tertiary/aromatic N) is 2. The average molecular weight is 447 g/mol. The number of amides is 1. The Morgan fingerprint density at radius 1 is 0.939 bits per heavy atom. The number of ether oxygens (including phenoxy) is 2. The van der Waals surface area contributed by atoms with E-state index in [0.717, 1.165) is 4.57 Å². The van der Waals surface area contributed by atoms with Gasteiger partial charge >= 0.3 is 5.69 Å². The third kappa shape index (κ3) is 3.96. The first-order valence-corrected chi connectivity index (χ1v) is 10.2. The molecule has 0 bridgehead atoms. The number of nitrogens with one attached hydrogen (secondary N) is 1. The first-order valence-electron chi connectivity index (χ1n) is 10.2. The fourth-order valence-corrected chi connectivity index (χ4v) is 3.76. The van der Waals surface area contributed by atoms with Crippen molar-refractivity contribution < 1.29 is 18.7 Å². The number of para-hydroxylation sites is 1. The number of aromatic nitrogens is 2. The molecule has 0 radical (unpaired) electrons. The lowest BCUT2D eigenvalue weighted by Gasteiger charge is -2.14. The summed E-state index contributed by atoms with van der Waals surface area (Å²) in [6.07, 6.45) is 0. The molecule has 1 amide bonds. The fourth-order valence-electron chi connectivity index (χ4n) is 3.76. The minimum atomic E-state index is -0.620. The highest BCUT2D eigenvalue weighted by molar-refractivity contribution is 5.91. The van der Waals surface area contributed by atoms with E-state index in [1.807, 2.05) is 0 Å². The van der Waals surface area contributed by atoms with Crippen LogP contribution in [-0.2, 0) is 17.9 Å². The molecule has 1 aliphatic rings. The zero-order valence-electron chi connectivity index (χ0n) is 17.3. The second-order valence-electron chi connectivity index (χ2n) is 7.52. The molecular weight excluding hydrogens is 429 g/mol. The van der Waals surface area contributed by atoms with Gasteiger partial charge in [0.15, 0.2) is 11.5 Å². The molecule has 166 valence electrons. The molecule has 1 aromatic heterocycles. The molecule has 5 rings (SSSR count). The Kier molecular flexibility index (Phi) is 5.14. The molecule has 0 atom stereocenters. The highest BCUT2D eigenvalue weighted by atomic mass is 19.1. The number of carbonyl (C=O) groups excluding carboxylic acids is 1. The lowest BCUT2D eigenvalue weighted by Crippen LogP contribution is -2.42. The highest BCUT2D eigenvalue weighted by Crippen LogP contribution is 2.32. The van der Waals surface area contributed by atoms with E-state index in [-0.39, 0.29) is 19.9 Å². The number of hydrogen-bond acceptors (Lipinski definition) is 5. The third-order valence-corrected chi connectivity index (χ3v) is 5.34. The van der Waals surface area contributed by atoms with Crippen LogP contribution in [0.4, 0.5) is 10.1 Å². The minimum Gasteiger partial charge on any atom is -0.454 e. The molecule has 0 aliphatic carbocycles. The van der Waals surface area contributed by atoms with Gasteiger partial charge in [0.1, 0.15) is 12.4 Å². The maximum absolute atomic E-state index is 13.3. The Morgan fingerprint density at radius 3 is 2.52 bits per heavy atom. The van der Waals surface area contributed by atoms with Crippen LogP contribution in [-0.4, -0.2) is 21.8 Å². The monoisotopic (exact) mass is 447 g/mol. The van der Waals surface area contributed by atoms with Crippen molar-refractivity contribution in [3.63, 3.8) is 0 Å². The van der Waals surface area contributed by atoms with E-state index >= 15 is 0 Å². The van der Waals surface area contributed by atoms with Crippen LogP contribution in [0.1, 0.15) is 5.56 Å². The maximum atomic E-state index is 13.3. The molecule has 33 heavy (non-hydrogen) atoms. The molecule has 0 spiro atoms. The number of benzene rings is 3. The maximum Gasteiger partial charge on any atom is 0.332 e. The molecule has 2 heterocycles. The zero-order chi connectivity index (χ0) is 22.9. The van der Waals surface area contributed by atoms with Gasteiger partial charge in [-0.25, -0.2) is 9.18 Å². The summed E-state index contributed by atoms with van der Waals surface area (Å²) in [5.74, 6) is 0.229. The molecule has 4 aromatic rings. The van der Waals surface area contributed by atoms with Crippen LogP contribution < -0.4 is 26.0 Å². The van der Waals surface area contributed by atoms with Gasteiger partial charge in [-0.3, -0.25) is 18.7 Å². The van der Waals surface area contributed by atoms with Gasteiger partial charge in [-0.15, -0.1) is 0 Å². The van der Waals surface area contributed by atoms with E-state index in [1.54, 1.807) is 42.5 Å². The largest absolute Gasteiger partial charge is 0.454 e. The minimum absolute atomic E-state index is 0.00127. The van der Waals surface area contributed by atoms with Gasteiger partial charge in [0, 0.05) is 5.69 Å². The van der Waals surface area contributed by atoms with Crippen LogP contribution in [0.2, 0.25) is 0 Å². The van der Waals surface area contributed by atoms with Gasteiger partial charge in [0.05, 0.1) is 17.4 Å². The van der Waals surface area contributed by atoms with Gasteiger partial charge in [-0.2, -0.15) is 0 Å². The molecule has 8 nitrogen and oxygen atoms in total.